The van der Waals surface area contributed by atoms with Crippen LogP contribution in [-0.4, -0.2) is 76.9 Å². The Morgan fingerprint density at radius 1 is 0.392 bits per heavy atom. The number of rotatable bonds is 19. The molecule has 6 aromatic rings. The Hall–Kier alpha value is -6.75. The summed E-state index contributed by atoms with van der Waals surface area (Å²) in [7, 11) is 0. The number of allylic oxidation sites excluding steroid dienone is 6. The Kier molecular flexibility index (Phi) is 20.6. The number of fused-ring (bicyclic) bond motifs is 4. The SMILES string of the molecule is CCN(CC)c1ccc(C(=C2C=CC(=[NH+]CC3CC4CCC3C4)c3ccccc32)c2ccc(N(CC)CC)cc2)cc1.CC[NH+]=C1C=CC(=C(c2ccc(N(CC)CC)cc2)c2ccc(N(CC)CC)cc2)c2ccccc21.P.[HH].[HH]. The fourth-order valence-corrected chi connectivity index (χ4v) is 13.1. The summed E-state index contributed by atoms with van der Waals surface area (Å²) in [5.41, 5.74) is 22.8. The van der Waals surface area contributed by atoms with Gasteiger partial charge in [0.05, 0.1) is 11.1 Å². The zero-order valence-electron chi connectivity index (χ0n) is 49.3. The van der Waals surface area contributed by atoms with Crippen LogP contribution < -0.4 is 29.6 Å². The lowest BCUT2D eigenvalue weighted by Crippen LogP contribution is -2.75. The molecular formula is C72H95N6P+2. The lowest BCUT2D eigenvalue weighted by Gasteiger charge is -2.24. The second-order valence-corrected chi connectivity index (χ2v) is 21.4. The average Bonchev–Trinajstić information content (AvgIpc) is 4.27. The Labute approximate surface area is 482 Å². The van der Waals surface area contributed by atoms with Crippen LogP contribution in [0.4, 0.5) is 22.7 Å². The maximum Gasteiger partial charge on any atom is 0.206 e. The molecule has 0 aliphatic heterocycles. The van der Waals surface area contributed by atoms with Crippen LogP contribution in [0.1, 0.15) is 135 Å². The molecule has 4 aliphatic carbocycles. The topological polar surface area (TPSA) is 40.9 Å². The fourth-order valence-electron chi connectivity index (χ4n) is 13.1. The molecule has 0 saturated heterocycles. The van der Waals surface area contributed by atoms with Crippen molar-refractivity contribution in [1.82, 2.24) is 0 Å². The molecule has 2 saturated carbocycles. The van der Waals surface area contributed by atoms with Crippen molar-refractivity contribution in [3.05, 3.63) is 214 Å². The maximum absolute atomic E-state index is 3.91. The van der Waals surface area contributed by atoms with E-state index in [0.717, 1.165) is 83.2 Å². The Bertz CT molecular complexity index is 3020. The highest BCUT2D eigenvalue weighted by molar-refractivity contribution is 6.92. The number of anilines is 4. The second-order valence-electron chi connectivity index (χ2n) is 21.4. The van der Waals surface area contributed by atoms with Crippen LogP contribution in [0.25, 0.3) is 22.3 Å². The molecule has 0 radical (unpaired) electrons. The summed E-state index contributed by atoms with van der Waals surface area (Å²) in [6.07, 6.45) is 15.0. The predicted molar refractivity (Wildman–Crippen MR) is 353 cm³/mol. The van der Waals surface area contributed by atoms with Gasteiger partial charge < -0.3 is 19.6 Å². The maximum atomic E-state index is 3.91. The molecule has 0 heterocycles. The van der Waals surface area contributed by atoms with Gasteiger partial charge in [0, 0.05) is 96.0 Å². The minimum absolute atomic E-state index is 0. The van der Waals surface area contributed by atoms with Gasteiger partial charge in [-0.25, -0.2) is 9.98 Å². The first kappa shape index (κ1) is 58.4. The molecule has 0 spiro atoms. The summed E-state index contributed by atoms with van der Waals surface area (Å²) in [5.74, 6) is 2.75. The first-order valence-corrected chi connectivity index (χ1v) is 29.9. The molecule has 6 aromatic carbocycles. The molecule has 0 aromatic heterocycles. The van der Waals surface area contributed by atoms with Gasteiger partial charge in [-0.3, -0.25) is 0 Å². The molecule has 2 fully saturated rings. The van der Waals surface area contributed by atoms with E-state index in [1.54, 1.807) is 0 Å². The molecule has 10 rings (SSSR count). The first-order chi connectivity index (χ1) is 38.3. The number of hydrogen-bond acceptors (Lipinski definition) is 4. The Balaban J connectivity index is 0.000000255. The molecule has 79 heavy (non-hydrogen) atoms. The summed E-state index contributed by atoms with van der Waals surface area (Å²) < 4.78 is 0. The van der Waals surface area contributed by atoms with Gasteiger partial charge in [-0.1, -0.05) is 91.3 Å². The predicted octanol–water partition coefficient (Wildman–Crippen LogP) is 13.6. The van der Waals surface area contributed by atoms with E-state index < -0.39 is 0 Å². The van der Waals surface area contributed by atoms with E-state index in [1.807, 2.05) is 0 Å². The summed E-state index contributed by atoms with van der Waals surface area (Å²) >= 11 is 0. The zero-order valence-corrected chi connectivity index (χ0v) is 50.7. The van der Waals surface area contributed by atoms with Crippen molar-refractivity contribution < 1.29 is 12.8 Å². The van der Waals surface area contributed by atoms with Gasteiger partial charge in [-0.2, -0.15) is 9.90 Å². The molecule has 416 valence electrons. The Morgan fingerprint density at radius 3 is 1.01 bits per heavy atom. The molecule has 6 nitrogen and oxygen atoms in total. The third kappa shape index (κ3) is 13.0. The lowest BCUT2D eigenvalue weighted by molar-refractivity contribution is -0.466. The van der Waals surface area contributed by atoms with E-state index in [2.05, 4.69) is 262 Å². The van der Waals surface area contributed by atoms with Crippen molar-refractivity contribution in [2.24, 2.45) is 17.8 Å². The van der Waals surface area contributed by atoms with Gasteiger partial charge in [-0.05, 0) is 222 Å². The zero-order chi connectivity index (χ0) is 54.5. The molecule has 4 unspecified atom stereocenters. The first-order valence-electron chi connectivity index (χ1n) is 29.9. The smallest absolute Gasteiger partial charge is 0.206 e. The van der Waals surface area contributed by atoms with Gasteiger partial charge in [-0.15, -0.1) is 0 Å². The van der Waals surface area contributed by atoms with E-state index >= 15 is 0 Å². The van der Waals surface area contributed by atoms with Crippen molar-refractivity contribution in [2.45, 2.75) is 88.0 Å². The van der Waals surface area contributed by atoms with Crippen LogP contribution >= 0.6 is 9.90 Å². The van der Waals surface area contributed by atoms with Crippen LogP contribution in [0, 0.1) is 17.8 Å². The monoisotopic (exact) mass is 1070 g/mol. The van der Waals surface area contributed by atoms with Crippen LogP contribution in [0.5, 0.6) is 0 Å². The van der Waals surface area contributed by atoms with E-state index in [9.17, 15) is 0 Å². The number of benzene rings is 6. The second kappa shape index (κ2) is 27.9. The highest BCUT2D eigenvalue weighted by Crippen LogP contribution is 2.48. The molecule has 4 aliphatic rings. The van der Waals surface area contributed by atoms with Crippen LogP contribution in [0.15, 0.2) is 170 Å². The van der Waals surface area contributed by atoms with Crippen LogP contribution in [0.3, 0.4) is 0 Å². The van der Waals surface area contributed by atoms with E-state index in [-0.39, 0.29) is 12.8 Å². The number of hydrogen-bond donors (Lipinski definition) is 2. The van der Waals surface area contributed by atoms with Crippen molar-refractivity contribution >= 4 is 66.4 Å². The van der Waals surface area contributed by atoms with Crippen molar-refractivity contribution in [3.63, 3.8) is 0 Å². The summed E-state index contributed by atoms with van der Waals surface area (Å²) in [5, 5.41) is 0. The molecule has 0 amide bonds. The molecular weight excluding hydrogens is 980 g/mol. The van der Waals surface area contributed by atoms with Crippen molar-refractivity contribution in [3.8, 4) is 0 Å². The molecule has 7 heteroatoms. The van der Waals surface area contributed by atoms with E-state index in [4.69, 9.17) is 0 Å². The average molecular weight is 1080 g/mol. The fraction of sp³-hybridized carbons (Fsp3) is 0.361. The van der Waals surface area contributed by atoms with Gasteiger partial charge in [0.2, 0.25) is 11.4 Å². The molecule has 2 N–H and O–H groups in total. The van der Waals surface area contributed by atoms with Crippen molar-refractivity contribution in [2.75, 3.05) is 85.0 Å². The van der Waals surface area contributed by atoms with Crippen molar-refractivity contribution in [1.29, 1.82) is 0 Å². The highest BCUT2D eigenvalue weighted by Gasteiger charge is 2.40. The minimum atomic E-state index is 0. The van der Waals surface area contributed by atoms with Crippen LogP contribution in [0.2, 0.25) is 0 Å². The van der Waals surface area contributed by atoms with Gasteiger partial charge >= 0.3 is 0 Å². The van der Waals surface area contributed by atoms with Gasteiger partial charge in [0.15, 0.2) is 0 Å². The quantitative estimate of drug-likeness (QED) is 0.0793. The summed E-state index contributed by atoms with van der Waals surface area (Å²) in [6, 6.07) is 54.4. The number of nitrogens with zero attached hydrogens (tertiary/aromatic N) is 4. The molecule has 2 bridgehead atoms. The third-order valence-corrected chi connectivity index (χ3v) is 17.3. The van der Waals surface area contributed by atoms with E-state index in [1.165, 1.54) is 127 Å². The Morgan fingerprint density at radius 2 is 0.722 bits per heavy atom. The highest BCUT2D eigenvalue weighted by atomic mass is 31.0. The lowest BCUT2D eigenvalue weighted by atomic mass is 9.83. The van der Waals surface area contributed by atoms with E-state index in [0.29, 0.717) is 0 Å². The van der Waals surface area contributed by atoms with Crippen LogP contribution in [-0.2, 0) is 0 Å². The van der Waals surface area contributed by atoms with Gasteiger partial charge in [0.1, 0.15) is 13.1 Å². The third-order valence-electron chi connectivity index (χ3n) is 17.3. The minimum Gasteiger partial charge on any atom is -0.372 e. The standard InChI is InChI=1S/C39H47N3.C33H39N3.H3P.2H2/c1-5-41(6-2)33-19-15-29(16-20-33)39(30-17-21-34(22-18-30)42(7-3)8-4)37-23-24-38(36-12-10-9-11-35(36)37)40-27-32-26-28-13-14-31(32)25-28;1-6-34-32-24-23-31(29-13-11-12-14-30(29)32)33(25-15-19-27(20-16-25)35(7-2)8-3)26-17-21-28(22-18-26)36(9-4)10-5;;;/h9-12,15-24,28,31-32H,5-8,13-14,25-27H2,1-4H3;11-24H,6-10H2,1-5H3;1H3;2*1H/p+2. The summed E-state index contributed by atoms with van der Waals surface area (Å²) in [6.45, 7) is 30.0. The largest absolute Gasteiger partial charge is 0.372 e. The molecule has 4 atom stereocenters. The normalized spacial score (nSPS) is 17.7. The summed E-state index contributed by atoms with van der Waals surface area (Å²) in [4.78, 5) is 17.1. The number of nitrogens with one attached hydrogen (secondary N) is 2. The van der Waals surface area contributed by atoms with Gasteiger partial charge in [0.25, 0.3) is 0 Å².